The van der Waals surface area contributed by atoms with E-state index in [1.165, 1.54) is 6.07 Å². The van der Waals surface area contributed by atoms with Crippen molar-refractivity contribution in [2.75, 3.05) is 0 Å². The number of sulfone groups is 1. The van der Waals surface area contributed by atoms with E-state index < -0.39 is 9.84 Å². The first-order valence-electron chi connectivity index (χ1n) is 4.95. The summed E-state index contributed by atoms with van der Waals surface area (Å²) in [5.41, 5.74) is 1.92. The van der Waals surface area contributed by atoms with Gasteiger partial charge in [0.15, 0.2) is 0 Å². The summed E-state index contributed by atoms with van der Waals surface area (Å²) in [6.07, 6.45) is 0. The first kappa shape index (κ1) is 11.0. The third-order valence-corrected chi connectivity index (χ3v) is 5.15. The van der Waals surface area contributed by atoms with Gasteiger partial charge >= 0.3 is 0 Å². The third-order valence-electron chi connectivity index (χ3n) is 2.82. The van der Waals surface area contributed by atoms with Crippen LogP contribution in [0, 0.1) is 0 Å². The Morgan fingerprint density at radius 1 is 0.941 bits per heavy atom. The van der Waals surface area contributed by atoms with Crippen molar-refractivity contribution in [3.63, 3.8) is 0 Å². The molecule has 0 aromatic heterocycles. The molecular weight excluding hydrogens is 299 g/mol. The maximum absolute atomic E-state index is 12.3. The van der Waals surface area contributed by atoms with Crippen molar-refractivity contribution in [3.8, 4) is 11.1 Å². The Morgan fingerprint density at radius 3 is 2.24 bits per heavy atom. The molecule has 0 saturated heterocycles. The van der Waals surface area contributed by atoms with Gasteiger partial charge in [0.25, 0.3) is 0 Å². The van der Waals surface area contributed by atoms with Crippen LogP contribution in [0.2, 0.25) is 0 Å². The number of halogens is 1. The molecule has 17 heavy (non-hydrogen) atoms. The number of rotatable bonds is 0. The van der Waals surface area contributed by atoms with Crippen molar-refractivity contribution >= 4 is 39.1 Å². The summed E-state index contributed by atoms with van der Waals surface area (Å²) in [5.74, 6) is 0. The molecule has 1 heterocycles. The predicted molar refractivity (Wildman–Crippen MR) is 70.4 cm³/mol. The van der Waals surface area contributed by atoms with Gasteiger partial charge in [-0.15, -0.1) is 0 Å². The minimum absolute atomic E-state index is 0.297. The summed E-state index contributed by atoms with van der Waals surface area (Å²) in [6, 6.07) is 10.2. The van der Waals surface area contributed by atoms with Crippen LogP contribution in [-0.2, 0) is 9.84 Å². The van der Waals surface area contributed by atoms with Crippen LogP contribution in [0.1, 0.15) is 0 Å². The van der Waals surface area contributed by atoms with Gasteiger partial charge in [-0.05, 0) is 18.2 Å². The topological polar surface area (TPSA) is 34.1 Å². The lowest BCUT2D eigenvalue weighted by Crippen LogP contribution is -2.05. The summed E-state index contributed by atoms with van der Waals surface area (Å²) in [7, 11) is 2.22. The fraction of sp³-hybridized carbons (Fsp3) is 0. The normalized spacial score (nSPS) is 15.4. The maximum atomic E-state index is 12.3. The molecule has 0 aliphatic carbocycles. The average Bonchev–Trinajstić information content (AvgIpc) is 2.49. The molecule has 2 aromatic carbocycles. The van der Waals surface area contributed by atoms with Gasteiger partial charge in [0.1, 0.15) is 7.85 Å². The van der Waals surface area contributed by atoms with Crippen LogP contribution < -0.4 is 5.46 Å². The number of benzene rings is 2. The lowest BCUT2D eigenvalue weighted by atomic mass is 9.94. The second kappa shape index (κ2) is 3.46. The van der Waals surface area contributed by atoms with E-state index >= 15 is 0 Å². The quantitative estimate of drug-likeness (QED) is 0.596. The summed E-state index contributed by atoms with van der Waals surface area (Å²) in [5, 5.41) is 0. The zero-order valence-corrected chi connectivity index (χ0v) is 11.0. The van der Waals surface area contributed by atoms with Crippen molar-refractivity contribution in [2.45, 2.75) is 9.79 Å². The van der Waals surface area contributed by atoms with Gasteiger partial charge in [-0.1, -0.05) is 39.6 Å². The molecule has 0 spiro atoms. The summed E-state index contributed by atoms with van der Waals surface area (Å²) < 4.78 is 25.4. The molecule has 2 radical (unpaired) electrons. The van der Waals surface area contributed by atoms with Crippen LogP contribution in [0.3, 0.4) is 0 Å². The highest BCUT2D eigenvalue weighted by Crippen LogP contribution is 2.43. The van der Waals surface area contributed by atoms with E-state index in [9.17, 15) is 8.42 Å². The van der Waals surface area contributed by atoms with E-state index in [1.54, 1.807) is 24.3 Å². The van der Waals surface area contributed by atoms with E-state index in [4.69, 9.17) is 7.85 Å². The Balaban J connectivity index is 2.46. The Hall–Kier alpha value is -1.07. The molecule has 2 nitrogen and oxygen atoms in total. The van der Waals surface area contributed by atoms with E-state index in [2.05, 4.69) is 15.9 Å². The van der Waals surface area contributed by atoms with Gasteiger partial charge in [-0.3, -0.25) is 0 Å². The molecule has 0 fully saturated rings. The van der Waals surface area contributed by atoms with Gasteiger partial charge in [0, 0.05) is 15.6 Å². The molecular formula is C12H6BBrO2S. The maximum Gasteiger partial charge on any atom is 0.207 e. The molecule has 1 aliphatic rings. The van der Waals surface area contributed by atoms with Crippen molar-refractivity contribution in [1.29, 1.82) is 0 Å². The van der Waals surface area contributed by atoms with Crippen molar-refractivity contribution in [1.82, 2.24) is 0 Å². The lowest BCUT2D eigenvalue weighted by Gasteiger charge is -1.99. The SMILES string of the molecule is [B]c1ccc2c(c1)S(=O)(=O)c1cc(Br)ccc1-2. The molecule has 0 unspecified atom stereocenters. The smallest absolute Gasteiger partial charge is 0.207 e. The van der Waals surface area contributed by atoms with Crippen LogP contribution in [0.4, 0.5) is 0 Å². The number of hydrogen-bond acceptors (Lipinski definition) is 2. The minimum atomic E-state index is -3.42. The Labute approximate surface area is 109 Å². The average molecular weight is 305 g/mol. The van der Waals surface area contributed by atoms with Crippen molar-refractivity contribution < 1.29 is 8.42 Å². The third kappa shape index (κ3) is 1.49. The van der Waals surface area contributed by atoms with E-state index in [0.29, 0.717) is 15.3 Å². The monoisotopic (exact) mass is 304 g/mol. The van der Waals surface area contributed by atoms with Crippen molar-refractivity contribution in [2.24, 2.45) is 0 Å². The molecule has 0 amide bonds. The first-order valence-corrected chi connectivity index (χ1v) is 7.22. The number of fused-ring (bicyclic) bond motifs is 3. The van der Waals surface area contributed by atoms with Gasteiger partial charge in [0.05, 0.1) is 9.79 Å². The fourth-order valence-electron chi connectivity index (χ4n) is 2.04. The molecule has 0 atom stereocenters. The molecule has 0 saturated carbocycles. The highest BCUT2D eigenvalue weighted by molar-refractivity contribution is 9.10. The molecule has 2 aromatic rings. The van der Waals surface area contributed by atoms with Crippen LogP contribution >= 0.6 is 15.9 Å². The number of hydrogen-bond donors (Lipinski definition) is 0. The largest absolute Gasteiger partial charge is 0.218 e. The van der Waals surface area contributed by atoms with Gasteiger partial charge in [0.2, 0.25) is 9.84 Å². The summed E-state index contributed by atoms with van der Waals surface area (Å²) in [6.45, 7) is 0. The predicted octanol–water partition coefficient (Wildman–Crippen LogP) is 2.06. The minimum Gasteiger partial charge on any atom is -0.218 e. The standard InChI is InChI=1S/C12H6BBrO2S/c13-7-1-3-9-10-4-2-8(14)6-12(10)17(15,16)11(9)5-7/h1-6H. The zero-order chi connectivity index (χ0) is 12.2. The van der Waals surface area contributed by atoms with Gasteiger partial charge in [-0.2, -0.15) is 0 Å². The summed E-state index contributed by atoms with van der Waals surface area (Å²) in [4.78, 5) is 0.637. The fourth-order valence-corrected chi connectivity index (χ4v) is 4.30. The highest BCUT2D eigenvalue weighted by Gasteiger charge is 2.32. The lowest BCUT2D eigenvalue weighted by molar-refractivity contribution is 0.598. The van der Waals surface area contributed by atoms with Gasteiger partial charge in [-0.25, -0.2) is 8.42 Å². The second-order valence-electron chi connectivity index (χ2n) is 3.90. The summed E-state index contributed by atoms with van der Waals surface area (Å²) >= 11 is 3.29. The van der Waals surface area contributed by atoms with E-state index in [-0.39, 0.29) is 0 Å². The Morgan fingerprint density at radius 2 is 1.53 bits per heavy atom. The molecule has 3 rings (SSSR count). The van der Waals surface area contributed by atoms with Crippen LogP contribution in [-0.4, -0.2) is 16.3 Å². The molecule has 5 heteroatoms. The Bertz CT molecular complexity index is 681. The molecule has 0 bridgehead atoms. The molecule has 1 aliphatic heterocycles. The van der Waals surface area contributed by atoms with Crippen molar-refractivity contribution in [3.05, 3.63) is 40.9 Å². The molecule has 0 N–H and O–H groups in total. The zero-order valence-electron chi connectivity index (χ0n) is 8.64. The van der Waals surface area contributed by atoms with Crippen LogP contribution in [0.25, 0.3) is 11.1 Å². The van der Waals surface area contributed by atoms with E-state index in [0.717, 1.165) is 15.6 Å². The first-order chi connectivity index (χ1) is 8.00. The van der Waals surface area contributed by atoms with Crippen LogP contribution in [0.5, 0.6) is 0 Å². The Kier molecular flexibility index (Phi) is 2.25. The van der Waals surface area contributed by atoms with Gasteiger partial charge < -0.3 is 0 Å². The highest BCUT2D eigenvalue weighted by atomic mass is 79.9. The molecule has 82 valence electrons. The van der Waals surface area contributed by atoms with E-state index in [1.807, 2.05) is 6.07 Å². The second-order valence-corrected chi connectivity index (χ2v) is 6.70. The van der Waals surface area contributed by atoms with Crippen LogP contribution in [0.15, 0.2) is 50.7 Å².